The lowest BCUT2D eigenvalue weighted by Crippen LogP contribution is -2.43. The van der Waals surface area contributed by atoms with Gasteiger partial charge in [-0.05, 0) is 12.0 Å². The Kier molecular flexibility index (Phi) is 5.11. The summed E-state index contributed by atoms with van der Waals surface area (Å²) in [4.78, 5) is 15.3. The average molecular weight is 262 g/mol. The van der Waals surface area contributed by atoms with Gasteiger partial charge in [-0.3, -0.25) is 9.63 Å². The van der Waals surface area contributed by atoms with Crippen LogP contribution >= 0.6 is 0 Å². The highest BCUT2D eigenvalue weighted by atomic mass is 19.4. The number of carbonyl (C=O) groups excluding carboxylic acids is 1. The van der Waals surface area contributed by atoms with E-state index in [9.17, 15) is 18.0 Å². The summed E-state index contributed by atoms with van der Waals surface area (Å²) in [5.41, 5.74) is 8.02. The van der Waals surface area contributed by atoms with E-state index in [2.05, 4.69) is 4.84 Å². The Balaban J connectivity index is 2.34. The molecule has 0 aliphatic carbocycles. The molecule has 0 aliphatic rings. The molecule has 1 aromatic carbocycles. The first kappa shape index (κ1) is 14.5. The summed E-state index contributed by atoms with van der Waals surface area (Å²) in [6.45, 7) is -1.54. The van der Waals surface area contributed by atoms with Crippen LogP contribution in [0.25, 0.3) is 0 Å². The molecule has 7 heteroatoms. The number of amides is 1. The van der Waals surface area contributed by atoms with Gasteiger partial charge in [0.15, 0.2) is 6.61 Å². The van der Waals surface area contributed by atoms with Crippen LogP contribution in [-0.2, 0) is 16.1 Å². The molecule has 0 fully saturated rings. The molecule has 1 rings (SSSR count). The molecule has 0 saturated heterocycles. The van der Waals surface area contributed by atoms with E-state index in [1.807, 2.05) is 6.07 Å². The second-order valence-electron chi connectivity index (χ2n) is 3.67. The Morgan fingerprint density at radius 2 is 1.94 bits per heavy atom. The van der Waals surface area contributed by atoms with Crippen molar-refractivity contribution >= 4 is 5.91 Å². The number of hydrogen-bond donors (Lipinski definition) is 2. The SMILES string of the molecule is N[C@H](Cc1ccccc1)C(=O)NOCC(F)(F)F. The van der Waals surface area contributed by atoms with Gasteiger partial charge in [-0.2, -0.15) is 13.2 Å². The number of nitrogens with two attached hydrogens (primary N) is 1. The van der Waals surface area contributed by atoms with E-state index in [1.165, 1.54) is 0 Å². The van der Waals surface area contributed by atoms with Gasteiger partial charge in [0.2, 0.25) is 0 Å². The fraction of sp³-hybridized carbons (Fsp3) is 0.364. The minimum Gasteiger partial charge on any atom is -0.320 e. The van der Waals surface area contributed by atoms with Crippen molar-refractivity contribution < 1.29 is 22.8 Å². The molecule has 0 aromatic heterocycles. The summed E-state index contributed by atoms with van der Waals surface area (Å²) in [5.74, 6) is -0.789. The predicted molar refractivity (Wildman–Crippen MR) is 58.3 cm³/mol. The number of carbonyl (C=O) groups is 1. The molecule has 4 nitrogen and oxygen atoms in total. The summed E-state index contributed by atoms with van der Waals surface area (Å²) >= 11 is 0. The van der Waals surface area contributed by atoms with E-state index in [0.717, 1.165) is 5.56 Å². The minimum absolute atomic E-state index is 0.224. The highest BCUT2D eigenvalue weighted by Gasteiger charge is 2.28. The monoisotopic (exact) mass is 262 g/mol. The van der Waals surface area contributed by atoms with Gasteiger partial charge in [-0.25, -0.2) is 5.48 Å². The quantitative estimate of drug-likeness (QED) is 0.783. The molecule has 3 N–H and O–H groups in total. The lowest BCUT2D eigenvalue weighted by atomic mass is 10.1. The highest BCUT2D eigenvalue weighted by Crippen LogP contribution is 2.13. The van der Waals surface area contributed by atoms with Crippen LogP contribution in [-0.4, -0.2) is 24.7 Å². The number of nitrogens with one attached hydrogen (secondary N) is 1. The highest BCUT2D eigenvalue weighted by molar-refractivity contribution is 5.80. The molecular weight excluding hydrogens is 249 g/mol. The van der Waals surface area contributed by atoms with E-state index < -0.39 is 24.7 Å². The number of hydroxylamine groups is 1. The summed E-state index contributed by atoms with van der Waals surface area (Å²) in [7, 11) is 0. The normalized spacial score (nSPS) is 13.1. The van der Waals surface area contributed by atoms with Crippen molar-refractivity contribution in [2.75, 3.05) is 6.61 Å². The zero-order valence-corrected chi connectivity index (χ0v) is 9.41. The van der Waals surface area contributed by atoms with Gasteiger partial charge < -0.3 is 5.73 Å². The third kappa shape index (κ3) is 5.65. The maximum absolute atomic E-state index is 11.7. The summed E-state index contributed by atoms with van der Waals surface area (Å²) in [6.07, 6.45) is -4.27. The van der Waals surface area contributed by atoms with E-state index in [4.69, 9.17) is 5.73 Å². The Hall–Kier alpha value is -1.60. The third-order valence-corrected chi connectivity index (χ3v) is 2.04. The first-order valence-electron chi connectivity index (χ1n) is 5.16. The molecule has 0 spiro atoms. The third-order valence-electron chi connectivity index (χ3n) is 2.04. The molecule has 0 heterocycles. The van der Waals surface area contributed by atoms with Crippen LogP contribution in [0.3, 0.4) is 0 Å². The summed E-state index contributed by atoms with van der Waals surface area (Å²) in [5, 5.41) is 0. The molecule has 18 heavy (non-hydrogen) atoms. The smallest absolute Gasteiger partial charge is 0.320 e. The molecule has 0 radical (unpaired) electrons. The van der Waals surface area contributed by atoms with Crippen molar-refractivity contribution in [2.45, 2.75) is 18.6 Å². The zero-order valence-electron chi connectivity index (χ0n) is 9.41. The fourth-order valence-electron chi connectivity index (χ4n) is 1.23. The molecule has 1 amide bonds. The first-order valence-corrected chi connectivity index (χ1v) is 5.16. The van der Waals surface area contributed by atoms with Crippen molar-refractivity contribution in [3.8, 4) is 0 Å². The average Bonchev–Trinajstić information content (AvgIpc) is 2.28. The standard InChI is InChI=1S/C11H13F3N2O2/c12-11(13,14)7-18-16-10(17)9(15)6-8-4-2-1-3-5-8/h1-5,9H,6-7,15H2,(H,16,17)/t9-/m1/s1. The van der Waals surface area contributed by atoms with Crippen molar-refractivity contribution in [1.82, 2.24) is 5.48 Å². The van der Waals surface area contributed by atoms with Crippen molar-refractivity contribution in [2.24, 2.45) is 5.73 Å². The van der Waals surface area contributed by atoms with Crippen molar-refractivity contribution in [3.05, 3.63) is 35.9 Å². The second-order valence-corrected chi connectivity index (χ2v) is 3.67. The fourth-order valence-corrected chi connectivity index (χ4v) is 1.23. The van der Waals surface area contributed by atoms with Gasteiger partial charge in [0.1, 0.15) is 0 Å². The largest absolute Gasteiger partial charge is 0.414 e. The molecular formula is C11H13F3N2O2. The lowest BCUT2D eigenvalue weighted by molar-refractivity contribution is -0.192. The summed E-state index contributed by atoms with van der Waals surface area (Å²) in [6, 6.07) is 7.94. The number of benzene rings is 1. The van der Waals surface area contributed by atoms with E-state index in [0.29, 0.717) is 0 Å². The molecule has 0 aliphatic heterocycles. The predicted octanol–water partition coefficient (Wildman–Crippen LogP) is 1.17. The summed E-state index contributed by atoms with van der Waals surface area (Å²) < 4.78 is 35.2. The van der Waals surface area contributed by atoms with Crippen molar-refractivity contribution in [1.29, 1.82) is 0 Å². The molecule has 0 saturated carbocycles. The first-order chi connectivity index (χ1) is 8.38. The Labute approximate surface area is 102 Å². The van der Waals surface area contributed by atoms with Crippen LogP contribution in [0.1, 0.15) is 5.56 Å². The van der Waals surface area contributed by atoms with Crippen LogP contribution in [0.15, 0.2) is 30.3 Å². The maximum Gasteiger partial charge on any atom is 0.414 e. The van der Waals surface area contributed by atoms with E-state index in [-0.39, 0.29) is 6.42 Å². The zero-order chi connectivity index (χ0) is 13.6. The minimum atomic E-state index is -4.49. The van der Waals surface area contributed by atoms with Gasteiger partial charge in [-0.15, -0.1) is 0 Å². The van der Waals surface area contributed by atoms with Crippen LogP contribution in [0.4, 0.5) is 13.2 Å². The van der Waals surface area contributed by atoms with Gasteiger partial charge in [-0.1, -0.05) is 30.3 Å². The van der Waals surface area contributed by atoms with Gasteiger partial charge in [0, 0.05) is 0 Å². The van der Waals surface area contributed by atoms with Crippen LogP contribution in [0, 0.1) is 0 Å². The lowest BCUT2D eigenvalue weighted by Gasteiger charge is -2.13. The molecule has 0 unspecified atom stereocenters. The number of halogens is 3. The Morgan fingerprint density at radius 3 is 2.50 bits per heavy atom. The van der Waals surface area contributed by atoms with Crippen molar-refractivity contribution in [3.63, 3.8) is 0 Å². The molecule has 1 aromatic rings. The Bertz CT molecular complexity index is 382. The topological polar surface area (TPSA) is 64.4 Å². The van der Waals surface area contributed by atoms with Gasteiger partial charge >= 0.3 is 6.18 Å². The molecule has 100 valence electrons. The number of rotatable bonds is 5. The van der Waals surface area contributed by atoms with Crippen LogP contribution < -0.4 is 11.2 Å². The molecule has 0 bridgehead atoms. The van der Waals surface area contributed by atoms with E-state index >= 15 is 0 Å². The second kappa shape index (κ2) is 6.36. The Morgan fingerprint density at radius 1 is 1.33 bits per heavy atom. The molecule has 1 atom stereocenters. The van der Waals surface area contributed by atoms with Gasteiger partial charge in [0.05, 0.1) is 6.04 Å². The maximum atomic E-state index is 11.7. The van der Waals surface area contributed by atoms with E-state index in [1.54, 1.807) is 29.7 Å². The number of alkyl halides is 3. The van der Waals surface area contributed by atoms with Crippen LogP contribution in [0.5, 0.6) is 0 Å². The van der Waals surface area contributed by atoms with Gasteiger partial charge in [0.25, 0.3) is 5.91 Å². The van der Waals surface area contributed by atoms with Crippen LogP contribution in [0.2, 0.25) is 0 Å². The number of hydrogen-bond acceptors (Lipinski definition) is 3.